The summed E-state index contributed by atoms with van der Waals surface area (Å²) in [4.78, 5) is 0. The summed E-state index contributed by atoms with van der Waals surface area (Å²) >= 11 is 6.08. The van der Waals surface area contributed by atoms with Crippen LogP contribution in [0, 0.1) is 6.92 Å². The normalized spacial score (nSPS) is 13.3. The van der Waals surface area contributed by atoms with Crippen molar-refractivity contribution >= 4 is 11.6 Å². The van der Waals surface area contributed by atoms with E-state index in [-0.39, 0.29) is 0 Å². The van der Waals surface area contributed by atoms with Crippen LogP contribution in [-0.4, -0.2) is 6.61 Å². The summed E-state index contributed by atoms with van der Waals surface area (Å²) < 4.78 is 5.81. The SMILES string of the molecule is Cc1cc(Cl)cc2c1-c1ccccc1CCO2. The maximum absolute atomic E-state index is 6.08. The van der Waals surface area contributed by atoms with Gasteiger partial charge in [-0.3, -0.25) is 0 Å². The zero-order valence-corrected chi connectivity index (χ0v) is 10.4. The quantitative estimate of drug-likeness (QED) is 0.673. The molecule has 0 fully saturated rings. The van der Waals surface area contributed by atoms with E-state index in [1.165, 1.54) is 22.3 Å². The minimum Gasteiger partial charge on any atom is -0.493 e. The van der Waals surface area contributed by atoms with E-state index in [1.807, 2.05) is 12.1 Å². The Morgan fingerprint density at radius 3 is 2.88 bits per heavy atom. The van der Waals surface area contributed by atoms with Crippen LogP contribution in [0.1, 0.15) is 11.1 Å². The molecule has 1 aliphatic heterocycles. The van der Waals surface area contributed by atoms with Crippen molar-refractivity contribution < 1.29 is 4.74 Å². The van der Waals surface area contributed by atoms with Gasteiger partial charge in [0.05, 0.1) is 6.61 Å². The molecule has 2 aromatic rings. The first-order chi connectivity index (χ1) is 8.25. The topological polar surface area (TPSA) is 9.23 Å². The summed E-state index contributed by atoms with van der Waals surface area (Å²) in [5.41, 5.74) is 4.97. The van der Waals surface area contributed by atoms with E-state index >= 15 is 0 Å². The zero-order valence-electron chi connectivity index (χ0n) is 9.66. The van der Waals surface area contributed by atoms with Crippen LogP contribution in [0.15, 0.2) is 36.4 Å². The molecular weight excluding hydrogens is 232 g/mol. The van der Waals surface area contributed by atoms with Gasteiger partial charge in [0, 0.05) is 17.0 Å². The van der Waals surface area contributed by atoms with Crippen molar-refractivity contribution in [2.24, 2.45) is 0 Å². The molecule has 0 spiro atoms. The van der Waals surface area contributed by atoms with Crippen molar-refractivity contribution in [2.75, 3.05) is 6.61 Å². The lowest BCUT2D eigenvalue weighted by Crippen LogP contribution is -1.98. The van der Waals surface area contributed by atoms with Crippen LogP contribution in [0.4, 0.5) is 0 Å². The highest BCUT2D eigenvalue weighted by molar-refractivity contribution is 6.31. The van der Waals surface area contributed by atoms with Crippen molar-refractivity contribution in [3.05, 3.63) is 52.5 Å². The fraction of sp³-hybridized carbons (Fsp3) is 0.200. The van der Waals surface area contributed by atoms with Gasteiger partial charge in [-0.2, -0.15) is 0 Å². The fourth-order valence-corrected chi connectivity index (χ4v) is 2.69. The molecule has 3 rings (SSSR count). The van der Waals surface area contributed by atoms with Gasteiger partial charge in [0.15, 0.2) is 0 Å². The van der Waals surface area contributed by atoms with Gasteiger partial charge in [-0.05, 0) is 35.7 Å². The molecule has 0 aromatic heterocycles. The molecule has 86 valence electrons. The average Bonchev–Trinajstić information content (AvgIpc) is 2.47. The number of benzene rings is 2. The van der Waals surface area contributed by atoms with Crippen LogP contribution in [0.3, 0.4) is 0 Å². The Hall–Kier alpha value is -1.47. The first-order valence-electron chi connectivity index (χ1n) is 5.77. The summed E-state index contributed by atoms with van der Waals surface area (Å²) in [5, 5.41) is 0.737. The second-order valence-corrected chi connectivity index (χ2v) is 4.79. The highest BCUT2D eigenvalue weighted by atomic mass is 35.5. The third-order valence-corrected chi connectivity index (χ3v) is 3.40. The summed E-state index contributed by atoms with van der Waals surface area (Å²) in [5.74, 6) is 0.903. The van der Waals surface area contributed by atoms with E-state index < -0.39 is 0 Å². The largest absolute Gasteiger partial charge is 0.493 e. The summed E-state index contributed by atoms with van der Waals surface area (Å²) in [6.45, 7) is 2.79. The molecule has 2 aromatic carbocycles. The molecule has 0 unspecified atom stereocenters. The molecule has 0 saturated heterocycles. The van der Waals surface area contributed by atoms with Crippen LogP contribution >= 0.6 is 11.6 Å². The molecule has 2 heteroatoms. The van der Waals surface area contributed by atoms with Crippen LogP contribution in [-0.2, 0) is 6.42 Å². The van der Waals surface area contributed by atoms with Crippen LogP contribution < -0.4 is 4.74 Å². The van der Waals surface area contributed by atoms with Crippen molar-refractivity contribution in [3.8, 4) is 16.9 Å². The molecule has 0 bridgehead atoms. The molecule has 17 heavy (non-hydrogen) atoms. The third kappa shape index (κ3) is 1.81. The molecule has 1 heterocycles. The number of ether oxygens (including phenoxy) is 1. The van der Waals surface area contributed by atoms with Gasteiger partial charge in [0.25, 0.3) is 0 Å². The van der Waals surface area contributed by atoms with Crippen LogP contribution in [0.2, 0.25) is 5.02 Å². The lowest BCUT2D eigenvalue weighted by Gasteiger charge is -2.12. The second-order valence-electron chi connectivity index (χ2n) is 4.35. The maximum atomic E-state index is 6.08. The number of aryl methyl sites for hydroxylation is 1. The van der Waals surface area contributed by atoms with Crippen LogP contribution in [0.5, 0.6) is 5.75 Å². The molecule has 0 saturated carbocycles. The summed E-state index contributed by atoms with van der Waals surface area (Å²) in [6, 6.07) is 12.4. The van der Waals surface area contributed by atoms with E-state index in [2.05, 4.69) is 31.2 Å². The van der Waals surface area contributed by atoms with Crippen molar-refractivity contribution in [1.82, 2.24) is 0 Å². The van der Waals surface area contributed by atoms with Crippen LogP contribution in [0.25, 0.3) is 11.1 Å². The molecule has 0 N–H and O–H groups in total. The Labute approximate surface area is 106 Å². The number of fused-ring (bicyclic) bond motifs is 3. The Bertz CT molecular complexity index is 575. The van der Waals surface area contributed by atoms with Gasteiger partial charge in [0.2, 0.25) is 0 Å². The predicted octanol–water partition coefficient (Wildman–Crippen LogP) is 4.25. The molecule has 1 nitrogen and oxygen atoms in total. The van der Waals surface area contributed by atoms with Gasteiger partial charge in [-0.15, -0.1) is 0 Å². The molecule has 0 radical (unpaired) electrons. The Morgan fingerprint density at radius 1 is 1.18 bits per heavy atom. The van der Waals surface area contributed by atoms with E-state index in [4.69, 9.17) is 16.3 Å². The Morgan fingerprint density at radius 2 is 2.00 bits per heavy atom. The minimum absolute atomic E-state index is 0.712. The average molecular weight is 245 g/mol. The minimum atomic E-state index is 0.712. The predicted molar refractivity (Wildman–Crippen MR) is 70.8 cm³/mol. The van der Waals surface area contributed by atoms with E-state index in [0.717, 1.165) is 17.2 Å². The monoisotopic (exact) mass is 244 g/mol. The smallest absolute Gasteiger partial charge is 0.128 e. The Balaban J connectivity index is 2.32. The van der Waals surface area contributed by atoms with Gasteiger partial charge in [-0.25, -0.2) is 0 Å². The molecule has 0 atom stereocenters. The molecule has 1 aliphatic rings. The van der Waals surface area contributed by atoms with Gasteiger partial charge < -0.3 is 4.74 Å². The lowest BCUT2D eigenvalue weighted by molar-refractivity contribution is 0.326. The van der Waals surface area contributed by atoms with E-state index in [0.29, 0.717) is 6.61 Å². The Kier molecular flexibility index (Phi) is 2.56. The molecule has 0 aliphatic carbocycles. The van der Waals surface area contributed by atoms with E-state index in [1.54, 1.807) is 0 Å². The van der Waals surface area contributed by atoms with Crippen molar-refractivity contribution in [3.63, 3.8) is 0 Å². The zero-order chi connectivity index (χ0) is 11.8. The number of rotatable bonds is 0. The lowest BCUT2D eigenvalue weighted by atomic mass is 9.95. The van der Waals surface area contributed by atoms with Gasteiger partial charge >= 0.3 is 0 Å². The standard InChI is InChI=1S/C15H13ClO/c1-10-8-12(16)9-14-15(10)13-5-3-2-4-11(13)6-7-17-14/h2-5,8-9H,6-7H2,1H3. The number of hydrogen-bond donors (Lipinski definition) is 0. The first kappa shape index (κ1) is 10.7. The van der Waals surface area contributed by atoms with Gasteiger partial charge in [-0.1, -0.05) is 35.9 Å². The van der Waals surface area contributed by atoms with E-state index in [9.17, 15) is 0 Å². The van der Waals surface area contributed by atoms with Crippen molar-refractivity contribution in [2.45, 2.75) is 13.3 Å². The second kappa shape index (κ2) is 4.08. The summed E-state index contributed by atoms with van der Waals surface area (Å²) in [6.07, 6.45) is 0.946. The fourth-order valence-electron chi connectivity index (χ4n) is 2.42. The highest BCUT2D eigenvalue weighted by Gasteiger charge is 2.17. The van der Waals surface area contributed by atoms with Crippen molar-refractivity contribution in [1.29, 1.82) is 0 Å². The highest BCUT2D eigenvalue weighted by Crippen LogP contribution is 2.39. The molecular formula is C15H13ClO. The number of halogens is 1. The maximum Gasteiger partial charge on any atom is 0.128 e. The summed E-state index contributed by atoms with van der Waals surface area (Å²) in [7, 11) is 0. The van der Waals surface area contributed by atoms with Gasteiger partial charge in [0.1, 0.15) is 5.75 Å². The molecule has 0 amide bonds. The first-order valence-corrected chi connectivity index (χ1v) is 6.15. The third-order valence-electron chi connectivity index (χ3n) is 3.18. The number of hydrogen-bond acceptors (Lipinski definition) is 1.